The smallest absolute Gasteiger partial charge is 0.304 e. The van der Waals surface area contributed by atoms with Crippen LogP contribution in [0, 0.1) is 6.92 Å². The van der Waals surface area contributed by atoms with Gasteiger partial charge in [0, 0.05) is 31.3 Å². The topological polar surface area (TPSA) is 97.5 Å². The highest BCUT2D eigenvalue weighted by Gasteiger charge is 2.15. The van der Waals surface area contributed by atoms with Crippen LogP contribution in [0.25, 0.3) is 34.0 Å². The number of aromatic nitrogens is 2. The van der Waals surface area contributed by atoms with E-state index < -0.39 is 5.97 Å². The molecular weight excluding hydrogens is 430 g/mol. The maximum Gasteiger partial charge on any atom is 0.304 e. The maximum absolute atomic E-state index is 10.7. The van der Waals surface area contributed by atoms with E-state index in [4.69, 9.17) is 14.4 Å². The first-order chi connectivity index (χ1) is 16.5. The molecule has 0 fully saturated rings. The molecule has 0 aliphatic carbocycles. The van der Waals surface area contributed by atoms with Crippen LogP contribution < -0.4 is 5.32 Å². The van der Waals surface area contributed by atoms with Gasteiger partial charge in [-0.3, -0.25) is 4.79 Å². The number of carbonyl (C=O) groups is 1. The molecule has 0 saturated carbocycles. The monoisotopic (exact) mass is 457 g/mol. The van der Waals surface area contributed by atoms with Gasteiger partial charge in [0.1, 0.15) is 0 Å². The highest BCUT2D eigenvalue weighted by atomic mass is 16.5. The number of benzene rings is 3. The Hall–Kier alpha value is -3.81. The molecule has 174 valence electrons. The Balaban J connectivity index is 1.56. The molecule has 0 aliphatic heterocycles. The average molecular weight is 458 g/mol. The van der Waals surface area contributed by atoms with E-state index in [1.54, 1.807) is 7.11 Å². The highest BCUT2D eigenvalue weighted by molar-refractivity contribution is 5.74. The van der Waals surface area contributed by atoms with Crippen LogP contribution in [0.15, 0.2) is 71.3 Å². The molecule has 3 aromatic carbocycles. The summed E-state index contributed by atoms with van der Waals surface area (Å²) in [5.74, 6) is 0.119. The van der Waals surface area contributed by atoms with Crippen molar-refractivity contribution in [2.24, 2.45) is 0 Å². The Morgan fingerprint density at radius 2 is 1.88 bits per heavy atom. The first kappa shape index (κ1) is 23.4. The van der Waals surface area contributed by atoms with Gasteiger partial charge in [-0.25, -0.2) is 0 Å². The van der Waals surface area contributed by atoms with Crippen molar-refractivity contribution in [3.05, 3.63) is 83.4 Å². The summed E-state index contributed by atoms with van der Waals surface area (Å²) in [6.45, 7) is 3.54. The molecule has 0 atom stereocenters. The van der Waals surface area contributed by atoms with Crippen LogP contribution in [0.2, 0.25) is 0 Å². The number of hydrogen-bond donors (Lipinski definition) is 2. The summed E-state index contributed by atoms with van der Waals surface area (Å²) in [5, 5.41) is 16.1. The van der Waals surface area contributed by atoms with Crippen molar-refractivity contribution in [3.63, 3.8) is 0 Å². The fourth-order valence-electron chi connectivity index (χ4n) is 3.85. The lowest BCUT2D eigenvalue weighted by atomic mass is 9.94. The lowest BCUT2D eigenvalue weighted by Gasteiger charge is -2.12. The molecule has 0 unspecified atom stereocenters. The van der Waals surface area contributed by atoms with E-state index in [0.717, 1.165) is 27.8 Å². The van der Waals surface area contributed by atoms with Gasteiger partial charge >= 0.3 is 5.97 Å². The molecule has 2 N–H and O–H groups in total. The number of nitrogens with zero attached hydrogens (tertiary/aromatic N) is 2. The number of ether oxygens (including phenoxy) is 1. The number of aryl methyl sites for hydroxylation is 1. The summed E-state index contributed by atoms with van der Waals surface area (Å²) >= 11 is 0. The fraction of sp³-hybridized carbons (Fsp3) is 0.222. The van der Waals surface area contributed by atoms with Crippen LogP contribution in [0.4, 0.5) is 0 Å². The molecule has 0 spiro atoms. The second kappa shape index (κ2) is 10.9. The number of carboxylic acid groups (broad SMARTS) is 1. The predicted octanol–water partition coefficient (Wildman–Crippen LogP) is 5.09. The molecule has 1 heterocycles. The van der Waals surface area contributed by atoms with Crippen LogP contribution in [0.5, 0.6) is 0 Å². The zero-order chi connectivity index (χ0) is 23.9. The Morgan fingerprint density at radius 3 is 2.68 bits per heavy atom. The summed E-state index contributed by atoms with van der Waals surface area (Å²) in [6.07, 6.45) is 0.0849. The minimum absolute atomic E-state index is 0.0849. The SMILES string of the molecule is COCc1cc(-c2nc(-c3cccc(CNCCC(=O)O)c3)no2)ccc1-c1ccccc1C. The molecule has 4 aromatic rings. The molecule has 0 amide bonds. The van der Waals surface area contributed by atoms with Gasteiger partial charge in [0.05, 0.1) is 13.0 Å². The van der Waals surface area contributed by atoms with Crippen molar-refractivity contribution >= 4 is 5.97 Å². The van der Waals surface area contributed by atoms with Gasteiger partial charge in [-0.15, -0.1) is 0 Å². The number of hydrogen-bond acceptors (Lipinski definition) is 6. The molecule has 0 bridgehead atoms. The third kappa shape index (κ3) is 5.57. The average Bonchev–Trinajstić information content (AvgIpc) is 3.33. The van der Waals surface area contributed by atoms with E-state index in [2.05, 4.69) is 40.6 Å². The maximum atomic E-state index is 10.7. The van der Waals surface area contributed by atoms with Crippen LogP contribution in [0.3, 0.4) is 0 Å². The summed E-state index contributed by atoms with van der Waals surface area (Å²) in [4.78, 5) is 15.3. The van der Waals surface area contributed by atoms with Crippen LogP contribution in [-0.2, 0) is 22.7 Å². The molecular formula is C27H27N3O4. The third-order valence-electron chi connectivity index (χ3n) is 5.54. The molecule has 0 radical (unpaired) electrons. The second-order valence-electron chi connectivity index (χ2n) is 8.06. The Morgan fingerprint density at radius 1 is 1.03 bits per heavy atom. The summed E-state index contributed by atoms with van der Waals surface area (Å²) in [5.41, 5.74) is 7.20. The van der Waals surface area contributed by atoms with E-state index >= 15 is 0 Å². The lowest BCUT2D eigenvalue weighted by molar-refractivity contribution is -0.136. The van der Waals surface area contributed by atoms with E-state index in [-0.39, 0.29) is 6.42 Å². The fourth-order valence-corrected chi connectivity index (χ4v) is 3.85. The first-order valence-electron chi connectivity index (χ1n) is 11.1. The Bertz CT molecular complexity index is 1280. The quantitative estimate of drug-likeness (QED) is 0.320. The summed E-state index contributed by atoms with van der Waals surface area (Å²) < 4.78 is 11.0. The van der Waals surface area contributed by atoms with Gasteiger partial charge < -0.3 is 19.7 Å². The summed E-state index contributed by atoms with van der Waals surface area (Å²) in [6, 6.07) is 22.2. The van der Waals surface area contributed by atoms with Crippen LogP contribution in [-0.4, -0.2) is 34.9 Å². The minimum Gasteiger partial charge on any atom is -0.481 e. The Kier molecular flexibility index (Phi) is 7.47. The van der Waals surface area contributed by atoms with Gasteiger partial charge in [-0.2, -0.15) is 4.98 Å². The lowest BCUT2D eigenvalue weighted by Crippen LogP contribution is -2.17. The highest BCUT2D eigenvalue weighted by Crippen LogP contribution is 2.31. The van der Waals surface area contributed by atoms with Crippen LogP contribution >= 0.6 is 0 Å². The first-order valence-corrected chi connectivity index (χ1v) is 11.1. The molecule has 0 aliphatic rings. The van der Waals surface area contributed by atoms with Crippen molar-refractivity contribution in [1.82, 2.24) is 15.5 Å². The molecule has 7 heteroatoms. The second-order valence-corrected chi connectivity index (χ2v) is 8.06. The van der Waals surface area contributed by atoms with Gasteiger partial charge in [0.25, 0.3) is 5.89 Å². The standard InChI is InChI=1S/C27H27N3O4/c1-18-6-3-4-9-23(18)24-11-10-21(15-22(24)17-33-2)27-29-26(30-34-27)20-8-5-7-19(14-20)16-28-13-12-25(31)32/h3-11,14-15,28H,12-13,16-17H2,1-2H3,(H,31,32). The largest absolute Gasteiger partial charge is 0.481 e. The predicted molar refractivity (Wildman–Crippen MR) is 130 cm³/mol. The van der Waals surface area contributed by atoms with E-state index in [1.165, 1.54) is 11.1 Å². The molecule has 4 rings (SSSR count). The number of methoxy groups -OCH3 is 1. The van der Waals surface area contributed by atoms with Gasteiger partial charge in [0.15, 0.2) is 0 Å². The van der Waals surface area contributed by atoms with Crippen molar-refractivity contribution in [2.45, 2.75) is 26.5 Å². The van der Waals surface area contributed by atoms with Crippen molar-refractivity contribution in [1.29, 1.82) is 0 Å². The van der Waals surface area contributed by atoms with E-state index in [1.807, 2.05) is 48.5 Å². The number of carboxylic acids is 1. The van der Waals surface area contributed by atoms with Crippen LogP contribution in [0.1, 0.15) is 23.1 Å². The van der Waals surface area contributed by atoms with Gasteiger partial charge in [-0.1, -0.05) is 53.7 Å². The number of nitrogens with one attached hydrogen (secondary N) is 1. The molecule has 0 saturated heterocycles. The zero-order valence-corrected chi connectivity index (χ0v) is 19.2. The van der Waals surface area contributed by atoms with Gasteiger partial charge in [-0.05, 0) is 52.9 Å². The number of rotatable bonds is 10. The van der Waals surface area contributed by atoms with E-state index in [0.29, 0.717) is 31.4 Å². The van der Waals surface area contributed by atoms with Crippen molar-refractivity contribution in [2.75, 3.05) is 13.7 Å². The molecule has 34 heavy (non-hydrogen) atoms. The minimum atomic E-state index is -0.818. The Labute approximate surface area is 198 Å². The van der Waals surface area contributed by atoms with E-state index in [9.17, 15) is 4.79 Å². The number of aliphatic carboxylic acids is 1. The molecule has 1 aromatic heterocycles. The van der Waals surface area contributed by atoms with Crippen molar-refractivity contribution < 1.29 is 19.2 Å². The van der Waals surface area contributed by atoms with Crippen molar-refractivity contribution in [3.8, 4) is 34.0 Å². The zero-order valence-electron chi connectivity index (χ0n) is 19.2. The molecule has 7 nitrogen and oxygen atoms in total. The normalized spacial score (nSPS) is 11.0. The summed E-state index contributed by atoms with van der Waals surface area (Å²) in [7, 11) is 1.68. The third-order valence-corrected chi connectivity index (χ3v) is 5.54. The van der Waals surface area contributed by atoms with Gasteiger partial charge in [0.2, 0.25) is 5.82 Å².